The van der Waals surface area contributed by atoms with Crippen LogP contribution in [0.15, 0.2) is 40.2 Å². The van der Waals surface area contributed by atoms with Crippen molar-refractivity contribution >= 4 is 27.3 Å². The van der Waals surface area contributed by atoms with Crippen LogP contribution in [-0.2, 0) is 11.2 Å². The third kappa shape index (κ3) is 5.18. The molecule has 114 valence electrons. The largest absolute Gasteiger partial charge is 0.383 e. The van der Waals surface area contributed by atoms with Crippen molar-refractivity contribution < 1.29 is 9.13 Å². The van der Waals surface area contributed by atoms with Gasteiger partial charge in [0.1, 0.15) is 5.82 Å². The summed E-state index contributed by atoms with van der Waals surface area (Å²) in [6.45, 7) is 2.17. The molecule has 0 spiro atoms. The fraction of sp³-hybridized carbons (Fsp3) is 0.375. The van der Waals surface area contributed by atoms with Gasteiger partial charge in [0.25, 0.3) is 0 Å². The van der Waals surface area contributed by atoms with Crippen LogP contribution in [0.25, 0.3) is 0 Å². The summed E-state index contributed by atoms with van der Waals surface area (Å²) in [5, 5.41) is 5.40. The van der Waals surface area contributed by atoms with E-state index in [-0.39, 0.29) is 11.7 Å². The molecule has 0 aliphatic carbocycles. The molecular formula is C16H19BrFNOS. The highest BCUT2D eigenvalue weighted by Crippen LogP contribution is 2.28. The molecule has 21 heavy (non-hydrogen) atoms. The Morgan fingerprint density at radius 3 is 2.86 bits per heavy atom. The molecule has 2 aromatic rings. The molecule has 1 aromatic heterocycles. The summed E-state index contributed by atoms with van der Waals surface area (Å²) < 4.78 is 20.2. The smallest absolute Gasteiger partial charge is 0.126 e. The van der Waals surface area contributed by atoms with Gasteiger partial charge in [0, 0.05) is 40.8 Å². The third-order valence-electron chi connectivity index (χ3n) is 3.29. The molecule has 5 heteroatoms. The molecule has 2 nitrogen and oxygen atoms in total. The quantitative estimate of drug-likeness (QED) is 0.701. The van der Waals surface area contributed by atoms with Gasteiger partial charge in [-0.05, 0) is 40.0 Å². The fourth-order valence-electron chi connectivity index (χ4n) is 2.25. The maximum Gasteiger partial charge on any atom is 0.126 e. The SMILES string of the molecule is COCCNCC(Cc1cc(Br)cs1)c1ccccc1F. The van der Waals surface area contributed by atoms with Gasteiger partial charge >= 0.3 is 0 Å². The van der Waals surface area contributed by atoms with E-state index < -0.39 is 0 Å². The van der Waals surface area contributed by atoms with Gasteiger partial charge in [-0.3, -0.25) is 0 Å². The molecule has 0 bridgehead atoms. The van der Waals surface area contributed by atoms with Crippen LogP contribution in [0.2, 0.25) is 0 Å². The summed E-state index contributed by atoms with van der Waals surface area (Å²) in [4.78, 5) is 1.25. The fourth-order valence-corrected chi connectivity index (χ4v) is 3.79. The Labute approximate surface area is 137 Å². The van der Waals surface area contributed by atoms with E-state index >= 15 is 0 Å². The van der Waals surface area contributed by atoms with Crippen LogP contribution >= 0.6 is 27.3 Å². The maximum absolute atomic E-state index is 14.1. The number of benzene rings is 1. The molecule has 1 heterocycles. The highest BCUT2D eigenvalue weighted by Gasteiger charge is 2.16. The molecule has 0 amide bonds. The third-order valence-corrected chi connectivity index (χ3v) is 5.01. The first-order valence-electron chi connectivity index (χ1n) is 6.87. The average Bonchev–Trinajstić information content (AvgIpc) is 2.88. The lowest BCUT2D eigenvalue weighted by Gasteiger charge is -2.18. The maximum atomic E-state index is 14.1. The minimum absolute atomic E-state index is 0.119. The van der Waals surface area contributed by atoms with Crippen molar-refractivity contribution in [2.75, 3.05) is 26.8 Å². The molecule has 0 saturated heterocycles. The topological polar surface area (TPSA) is 21.3 Å². The Morgan fingerprint density at radius 2 is 2.19 bits per heavy atom. The molecule has 0 saturated carbocycles. The summed E-state index contributed by atoms with van der Waals surface area (Å²) in [6, 6.07) is 9.14. The Hall–Kier alpha value is -0.750. The van der Waals surface area contributed by atoms with Gasteiger partial charge in [-0.1, -0.05) is 18.2 Å². The number of rotatable bonds is 8. The summed E-state index contributed by atoms with van der Waals surface area (Å²) >= 11 is 5.17. The number of ether oxygens (including phenoxy) is 1. The number of hydrogen-bond acceptors (Lipinski definition) is 3. The van der Waals surface area contributed by atoms with Crippen LogP contribution in [0.3, 0.4) is 0 Å². The minimum Gasteiger partial charge on any atom is -0.383 e. The van der Waals surface area contributed by atoms with Crippen LogP contribution in [0, 0.1) is 5.82 Å². The number of methoxy groups -OCH3 is 1. The molecule has 1 unspecified atom stereocenters. The van der Waals surface area contributed by atoms with E-state index in [4.69, 9.17) is 4.74 Å². The van der Waals surface area contributed by atoms with Crippen molar-refractivity contribution in [3.8, 4) is 0 Å². The second-order valence-electron chi connectivity index (χ2n) is 4.85. The van der Waals surface area contributed by atoms with E-state index in [1.54, 1.807) is 24.5 Å². The van der Waals surface area contributed by atoms with Gasteiger partial charge < -0.3 is 10.1 Å². The van der Waals surface area contributed by atoms with Crippen LogP contribution in [-0.4, -0.2) is 26.8 Å². The van der Waals surface area contributed by atoms with Crippen molar-refractivity contribution in [3.05, 3.63) is 56.4 Å². The molecule has 1 atom stereocenters. The van der Waals surface area contributed by atoms with Gasteiger partial charge in [-0.2, -0.15) is 0 Å². The Bertz CT molecular complexity index is 561. The molecular weight excluding hydrogens is 353 g/mol. The minimum atomic E-state index is -0.133. The zero-order valence-corrected chi connectivity index (χ0v) is 14.3. The zero-order chi connectivity index (χ0) is 15.1. The summed E-state index contributed by atoms with van der Waals surface area (Å²) in [6.07, 6.45) is 0.831. The van der Waals surface area contributed by atoms with E-state index in [0.29, 0.717) is 6.61 Å². The summed E-state index contributed by atoms with van der Waals surface area (Å²) in [5.41, 5.74) is 0.770. The van der Waals surface area contributed by atoms with E-state index in [1.807, 2.05) is 12.1 Å². The van der Waals surface area contributed by atoms with E-state index in [1.165, 1.54) is 10.9 Å². The van der Waals surface area contributed by atoms with Crippen LogP contribution < -0.4 is 5.32 Å². The van der Waals surface area contributed by atoms with Gasteiger partial charge in [0.2, 0.25) is 0 Å². The molecule has 0 aliphatic rings. The molecule has 0 fully saturated rings. The molecule has 0 aliphatic heterocycles. The summed E-state index contributed by atoms with van der Waals surface area (Å²) in [7, 11) is 1.68. The zero-order valence-electron chi connectivity index (χ0n) is 11.9. The first-order valence-corrected chi connectivity index (χ1v) is 8.55. The predicted molar refractivity (Wildman–Crippen MR) is 89.6 cm³/mol. The van der Waals surface area contributed by atoms with Crippen molar-refractivity contribution in [1.29, 1.82) is 0 Å². The van der Waals surface area contributed by atoms with Gasteiger partial charge in [0.15, 0.2) is 0 Å². The van der Waals surface area contributed by atoms with E-state index in [0.717, 1.165) is 29.5 Å². The van der Waals surface area contributed by atoms with Crippen molar-refractivity contribution in [2.24, 2.45) is 0 Å². The molecule has 2 rings (SSSR count). The predicted octanol–water partition coefficient (Wildman–Crippen LogP) is 4.21. The molecule has 0 radical (unpaired) electrons. The Balaban J connectivity index is 2.08. The van der Waals surface area contributed by atoms with Gasteiger partial charge in [-0.25, -0.2) is 4.39 Å². The average molecular weight is 372 g/mol. The van der Waals surface area contributed by atoms with E-state index in [9.17, 15) is 4.39 Å². The molecule has 1 aromatic carbocycles. The number of halogens is 2. The van der Waals surface area contributed by atoms with Crippen LogP contribution in [0.1, 0.15) is 16.4 Å². The monoisotopic (exact) mass is 371 g/mol. The second-order valence-corrected chi connectivity index (χ2v) is 6.76. The first kappa shape index (κ1) is 16.6. The second kappa shape index (κ2) is 8.63. The van der Waals surface area contributed by atoms with Crippen molar-refractivity contribution in [1.82, 2.24) is 5.32 Å². The lowest BCUT2D eigenvalue weighted by atomic mass is 9.94. The highest BCUT2D eigenvalue weighted by molar-refractivity contribution is 9.10. The lowest BCUT2D eigenvalue weighted by Crippen LogP contribution is -2.26. The molecule has 1 N–H and O–H groups in total. The standard InChI is InChI=1S/C16H19BrFNOS/c1-20-7-6-19-10-12(8-14-9-13(17)11-21-14)15-4-2-3-5-16(15)18/h2-5,9,11-12,19H,6-8,10H2,1H3. The van der Waals surface area contributed by atoms with Crippen LogP contribution in [0.4, 0.5) is 4.39 Å². The lowest BCUT2D eigenvalue weighted by molar-refractivity contribution is 0.199. The number of thiophene rings is 1. The van der Waals surface area contributed by atoms with Gasteiger partial charge in [0.05, 0.1) is 6.61 Å². The first-order chi connectivity index (χ1) is 10.2. The Morgan fingerprint density at radius 1 is 1.38 bits per heavy atom. The van der Waals surface area contributed by atoms with Crippen molar-refractivity contribution in [2.45, 2.75) is 12.3 Å². The normalized spacial score (nSPS) is 12.5. The highest BCUT2D eigenvalue weighted by atomic mass is 79.9. The Kier molecular flexibility index (Phi) is 6.83. The number of hydrogen-bond donors (Lipinski definition) is 1. The van der Waals surface area contributed by atoms with Gasteiger partial charge in [-0.15, -0.1) is 11.3 Å². The van der Waals surface area contributed by atoms with Crippen LogP contribution in [0.5, 0.6) is 0 Å². The van der Waals surface area contributed by atoms with Crippen molar-refractivity contribution in [3.63, 3.8) is 0 Å². The van der Waals surface area contributed by atoms with E-state index in [2.05, 4.69) is 32.7 Å². The summed E-state index contributed by atoms with van der Waals surface area (Å²) in [5.74, 6) is -0.0136. The number of nitrogens with one attached hydrogen (secondary N) is 1.